The SMILES string of the molecule is CCC(O)(C=Cc1ccc(C(CC)(CC)c2ccc(-c3ccc(CC(=O)O)c(F)c3)cc2)cc1C)CC. The number of aliphatic hydroxyl groups is 1. The Morgan fingerprint density at radius 3 is 1.95 bits per heavy atom. The largest absolute Gasteiger partial charge is 0.481 e. The van der Waals surface area contributed by atoms with Crippen LogP contribution in [0.2, 0.25) is 0 Å². The number of hydrogen-bond donors (Lipinski definition) is 2. The summed E-state index contributed by atoms with van der Waals surface area (Å²) in [5, 5.41) is 19.6. The molecule has 0 atom stereocenters. The van der Waals surface area contributed by atoms with E-state index in [-0.39, 0.29) is 17.4 Å². The first-order valence-electron chi connectivity index (χ1n) is 13.2. The summed E-state index contributed by atoms with van der Waals surface area (Å²) in [6.45, 7) is 10.5. The van der Waals surface area contributed by atoms with Gasteiger partial charge in [0.1, 0.15) is 5.82 Å². The Balaban J connectivity index is 1.93. The lowest BCUT2D eigenvalue weighted by molar-refractivity contribution is -0.136. The first kappa shape index (κ1) is 28.3. The number of aliphatic carboxylic acids is 1. The van der Waals surface area contributed by atoms with Gasteiger partial charge in [-0.05, 0) is 77.6 Å². The standard InChI is InChI=1S/C33H39FO3/c1-6-32(37,7-2)19-18-24-12-17-29(20-23(24)5)33(8-3,9-4)28-15-13-25(14-16-28)26-10-11-27(22-31(35)36)30(34)21-26/h10-21,37H,6-9,22H2,1-5H3,(H,35,36). The Morgan fingerprint density at radius 1 is 0.838 bits per heavy atom. The Labute approximate surface area is 220 Å². The second kappa shape index (κ2) is 11.9. The highest BCUT2D eigenvalue weighted by atomic mass is 19.1. The molecule has 0 saturated heterocycles. The first-order valence-corrected chi connectivity index (χ1v) is 13.2. The minimum Gasteiger partial charge on any atom is -0.481 e. The van der Waals surface area contributed by atoms with E-state index < -0.39 is 17.4 Å². The summed E-state index contributed by atoms with van der Waals surface area (Å²) < 4.78 is 14.4. The highest BCUT2D eigenvalue weighted by Crippen LogP contribution is 2.40. The van der Waals surface area contributed by atoms with Crippen LogP contribution in [-0.4, -0.2) is 21.8 Å². The molecule has 0 heterocycles. The number of rotatable bonds is 11. The van der Waals surface area contributed by atoms with E-state index >= 15 is 0 Å². The number of hydrogen-bond acceptors (Lipinski definition) is 2. The van der Waals surface area contributed by atoms with Crippen LogP contribution in [-0.2, 0) is 16.6 Å². The molecule has 3 rings (SSSR count). The van der Waals surface area contributed by atoms with Crippen molar-refractivity contribution >= 4 is 12.0 Å². The van der Waals surface area contributed by atoms with Crippen molar-refractivity contribution in [2.24, 2.45) is 0 Å². The maximum atomic E-state index is 14.4. The zero-order chi connectivity index (χ0) is 27.2. The smallest absolute Gasteiger partial charge is 0.307 e. The minimum atomic E-state index is -1.05. The van der Waals surface area contributed by atoms with E-state index in [1.807, 2.05) is 38.1 Å². The van der Waals surface area contributed by atoms with E-state index in [0.29, 0.717) is 12.8 Å². The van der Waals surface area contributed by atoms with E-state index in [2.05, 4.69) is 51.1 Å². The van der Waals surface area contributed by atoms with Crippen molar-refractivity contribution in [1.29, 1.82) is 0 Å². The van der Waals surface area contributed by atoms with Gasteiger partial charge in [-0.3, -0.25) is 4.79 Å². The van der Waals surface area contributed by atoms with Crippen LogP contribution in [0.15, 0.2) is 66.7 Å². The van der Waals surface area contributed by atoms with Gasteiger partial charge >= 0.3 is 5.97 Å². The molecule has 0 amide bonds. The van der Waals surface area contributed by atoms with E-state index in [1.54, 1.807) is 12.1 Å². The van der Waals surface area contributed by atoms with Crippen molar-refractivity contribution in [2.75, 3.05) is 0 Å². The number of carboxylic acids is 1. The molecule has 37 heavy (non-hydrogen) atoms. The molecule has 0 aromatic heterocycles. The summed E-state index contributed by atoms with van der Waals surface area (Å²) in [5.74, 6) is -1.55. The molecule has 3 nitrogen and oxygen atoms in total. The summed E-state index contributed by atoms with van der Waals surface area (Å²) in [5.41, 5.74) is 5.61. The minimum absolute atomic E-state index is 0.157. The maximum absolute atomic E-state index is 14.4. The third-order valence-corrected chi connectivity index (χ3v) is 7.99. The van der Waals surface area contributed by atoms with Crippen LogP contribution >= 0.6 is 0 Å². The summed E-state index contributed by atoms with van der Waals surface area (Å²) in [4.78, 5) is 10.9. The van der Waals surface area contributed by atoms with E-state index in [0.717, 1.165) is 29.5 Å². The lowest BCUT2D eigenvalue weighted by Crippen LogP contribution is -2.26. The zero-order valence-corrected chi connectivity index (χ0v) is 22.6. The maximum Gasteiger partial charge on any atom is 0.307 e. The molecule has 196 valence electrons. The molecular weight excluding hydrogens is 463 g/mol. The van der Waals surface area contributed by atoms with Crippen LogP contribution in [0.3, 0.4) is 0 Å². The topological polar surface area (TPSA) is 57.5 Å². The summed E-state index contributed by atoms with van der Waals surface area (Å²) in [6, 6.07) is 19.6. The Kier molecular flexibility index (Phi) is 9.09. The van der Waals surface area contributed by atoms with Crippen molar-refractivity contribution in [3.8, 4) is 11.1 Å². The van der Waals surface area contributed by atoms with Crippen molar-refractivity contribution in [3.63, 3.8) is 0 Å². The highest BCUT2D eigenvalue weighted by Gasteiger charge is 2.31. The van der Waals surface area contributed by atoms with Gasteiger partial charge in [-0.2, -0.15) is 0 Å². The van der Waals surface area contributed by atoms with Crippen molar-refractivity contribution < 1.29 is 19.4 Å². The van der Waals surface area contributed by atoms with Crippen LogP contribution in [0.1, 0.15) is 81.2 Å². The monoisotopic (exact) mass is 502 g/mol. The quantitative estimate of drug-likeness (QED) is 0.278. The fraction of sp³-hybridized carbons (Fsp3) is 0.364. The molecule has 0 radical (unpaired) electrons. The number of aryl methyl sites for hydroxylation is 1. The molecule has 2 N–H and O–H groups in total. The number of halogens is 1. The zero-order valence-electron chi connectivity index (χ0n) is 22.6. The van der Waals surface area contributed by atoms with E-state index in [4.69, 9.17) is 5.11 Å². The molecule has 0 unspecified atom stereocenters. The molecule has 0 fully saturated rings. The van der Waals surface area contributed by atoms with Gasteiger partial charge in [0.15, 0.2) is 0 Å². The molecular formula is C33H39FO3. The molecule has 4 heteroatoms. The molecule has 0 spiro atoms. The molecule has 0 bridgehead atoms. The molecule has 0 aliphatic rings. The molecule has 0 aliphatic carbocycles. The molecule has 3 aromatic rings. The average Bonchev–Trinajstić information content (AvgIpc) is 2.90. The van der Waals surface area contributed by atoms with Gasteiger partial charge < -0.3 is 10.2 Å². The van der Waals surface area contributed by atoms with Gasteiger partial charge in [0.25, 0.3) is 0 Å². The first-order chi connectivity index (χ1) is 17.6. The summed E-state index contributed by atoms with van der Waals surface area (Å²) >= 11 is 0. The number of carbonyl (C=O) groups is 1. The van der Waals surface area contributed by atoms with E-state index in [1.165, 1.54) is 22.8 Å². The van der Waals surface area contributed by atoms with Gasteiger partial charge in [-0.25, -0.2) is 4.39 Å². The molecule has 0 aliphatic heterocycles. The summed E-state index contributed by atoms with van der Waals surface area (Å²) in [6.07, 6.45) is 6.84. The van der Waals surface area contributed by atoms with Gasteiger partial charge in [0.2, 0.25) is 0 Å². The van der Waals surface area contributed by atoms with Crippen LogP contribution in [0.5, 0.6) is 0 Å². The van der Waals surface area contributed by atoms with Gasteiger partial charge in [-0.15, -0.1) is 0 Å². The number of benzene rings is 3. The Bertz CT molecular complexity index is 1250. The van der Waals surface area contributed by atoms with Crippen LogP contribution < -0.4 is 0 Å². The lowest BCUT2D eigenvalue weighted by atomic mass is 9.70. The third kappa shape index (κ3) is 6.19. The van der Waals surface area contributed by atoms with Gasteiger partial charge in [0.05, 0.1) is 12.0 Å². The average molecular weight is 503 g/mol. The normalized spacial score (nSPS) is 12.3. The predicted octanol–water partition coefficient (Wildman–Crippen LogP) is 8.10. The molecule has 0 saturated carbocycles. The van der Waals surface area contributed by atoms with Gasteiger partial charge in [-0.1, -0.05) is 94.4 Å². The number of carboxylic acid groups (broad SMARTS) is 1. The fourth-order valence-electron chi connectivity index (χ4n) is 5.14. The second-order valence-corrected chi connectivity index (χ2v) is 9.96. The van der Waals surface area contributed by atoms with E-state index in [9.17, 15) is 14.3 Å². The van der Waals surface area contributed by atoms with Crippen LogP contribution in [0, 0.1) is 12.7 Å². The van der Waals surface area contributed by atoms with Crippen LogP contribution in [0.4, 0.5) is 4.39 Å². The lowest BCUT2D eigenvalue weighted by Gasteiger charge is -2.34. The summed E-state index contributed by atoms with van der Waals surface area (Å²) in [7, 11) is 0. The van der Waals surface area contributed by atoms with Crippen molar-refractivity contribution in [3.05, 3.63) is 100 Å². The predicted molar refractivity (Wildman–Crippen MR) is 150 cm³/mol. The Morgan fingerprint density at radius 2 is 1.43 bits per heavy atom. The second-order valence-electron chi connectivity index (χ2n) is 9.96. The fourth-order valence-corrected chi connectivity index (χ4v) is 5.14. The highest BCUT2D eigenvalue weighted by molar-refractivity contribution is 5.71. The third-order valence-electron chi connectivity index (χ3n) is 7.99. The molecule has 3 aromatic carbocycles. The van der Waals surface area contributed by atoms with Gasteiger partial charge in [0, 0.05) is 5.41 Å². The van der Waals surface area contributed by atoms with Crippen molar-refractivity contribution in [2.45, 2.75) is 77.7 Å². The van der Waals surface area contributed by atoms with Crippen molar-refractivity contribution in [1.82, 2.24) is 0 Å². The Hall–Kier alpha value is -3.24. The van der Waals surface area contributed by atoms with Crippen LogP contribution in [0.25, 0.3) is 17.2 Å².